The van der Waals surface area contributed by atoms with E-state index in [0.717, 1.165) is 6.54 Å². The first-order valence-electron chi connectivity index (χ1n) is 5.91. The van der Waals surface area contributed by atoms with E-state index in [1.165, 1.54) is 44.2 Å². The summed E-state index contributed by atoms with van der Waals surface area (Å²) >= 11 is 0. The molecule has 14 heavy (non-hydrogen) atoms. The van der Waals surface area contributed by atoms with E-state index in [0.29, 0.717) is 0 Å². The van der Waals surface area contributed by atoms with E-state index < -0.39 is 0 Å². The van der Waals surface area contributed by atoms with Crippen molar-refractivity contribution in [3.8, 4) is 0 Å². The van der Waals surface area contributed by atoms with Crippen LogP contribution in [0.1, 0.15) is 46.0 Å². The smallest absolute Gasteiger partial charge is 0.0383 e. The summed E-state index contributed by atoms with van der Waals surface area (Å²) in [6.07, 6.45) is 13.5. The number of hydrogen-bond donors (Lipinski definition) is 0. The monoisotopic (exact) mass is 193 g/mol. The molecule has 0 saturated carbocycles. The Bertz CT molecular complexity index is 203. The van der Waals surface area contributed by atoms with Crippen LogP contribution in [0.4, 0.5) is 0 Å². The third kappa shape index (κ3) is 4.50. The van der Waals surface area contributed by atoms with Crippen molar-refractivity contribution in [3.63, 3.8) is 0 Å². The minimum absolute atomic E-state index is 1.13. The lowest BCUT2D eigenvalue weighted by Gasteiger charge is -2.23. The number of allylic oxidation sites excluding steroid dienone is 2. The van der Waals surface area contributed by atoms with Crippen LogP contribution in [-0.4, -0.2) is 18.0 Å². The molecule has 1 aliphatic heterocycles. The van der Waals surface area contributed by atoms with Gasteiger partial charge in [-0.25, -0.2) is 0 Å². The molecule has 80 valence electrons. The summed E-state index contributed by atoms with van der Waals surface area (Å²) in [5, 5.41) is 0. The van der Waals surface area contributed by atoms with Crippen LogP contribution in [-0.2, 0) is 0 Å². The Morgan fingerprint density at radius 2 is 2.00 bits per heavy atom. The normalized spacial score (nSPS) is 15.9. The second-order valence-electron chi connectivity index (χ2n) is 4.24. The third-order valence-electron chi connectivity index (χ3n) is 2.68. The van der Waals surface area contributed by atoms with Crippen LogP contribution in [0, 0.1) is 0 Å². The highest BCUT2D eigenvalue weighted by Crippen LogP contribution is 2.09. The van der Waals surface area contributed by atoms with Gasteiger partial charge in [0.1, 0.15) is 0 Å². The molecule has 1 aliphatic rings. The van der Waals surface area contributed by atoms with E-state index in [2.05, 4.69) is 37.1 Å². The second kappa shape index (κ2) is 6.69. The minimum Gasteiger partial charge on any atom is -0.373 e. The molecule has 0 aromatic heterocycles. The molecule has 1 heterocycles. The fraction of sp³-hybridized carbons (Fsp3) is 0.692. The molecule has 0 fully saturated rings. The van der Waals surface area contributed by atoms with Crippen LogP contribution in [0.3, 0.4) is 0 Å². The summed E-state index contributed by atoms with van der Waals surface area (Å²) in [5.41, 5.74) is 1.47. The van der Waals surface area contributed by atoms with Gasteiger partial charge in [0.05, 0.1) is 0 Å². The fourth-order valence-corrected chi connectivity index (χ4v) is 1.83. The molecule has 1 heteroatoms. The highest BCUT2D eigenvalue weighted by Gasteiger charge is 2.02. The first-order chi connectivity index (χ1) is 6.83. The van der Waals surface area contributed by atoms with Gasteiger partial charge in [-0.05, 0) is 25.6 Å². The molecule has 0 radical (unpaired) electrons. The van der Waals surface area contributed by atoms with Crippen molar-refractivity contribution in [1.82, 2.24) is 4.90 Å². The van der Waals surface area contributed by atoms with Crippen molar-refractivity contribution in [2.24, 2.45) is 0 Å². The quantitative estimate of drug-likeness (QED) is 0.581. The summed E-state index contributed by atoms with van der Waals surface area (Å²) in [4.78, 5) is 2.42. The molecule has 1 nitrogen and oxygen atoms in total. The first kappa shape index (κ1) is 11.4. The molecule has 0 amide bonds. The molecular formula is C13H23N. The van der Waals surface area contributed by atoms with Crippen molar-refractivity contribution in [3.05, 3.63) is 23.9 Å². The predicted octanol–water partition coefficient (Wildman–Crippen LogP) is 3.73. The van der Waals surface area contributed by atoms with Crippen molar-refractivity contribution in [2.75, 3.05) is 13.1 Å². The first-order valence-corrected chi connectivity index (χ1v) is 5.91. The maximum atomic E-state index is 2.42. The van der Waals surface area contributed by atoms with Crippen molar-refractivity contribution >= 4 is 0 Å². The second-order valence-corrected chi connectivity index (χ2v) is 4.24. The zero-order valence-corrected chi connectivity index (χ0v) is 9.63. The van der Waals surface area contributed by atoms with E-state index >= 15 is 0 Å². The van der Waals surface area contributed by atoms with Gasteiger partial charge in [-0.15, -0.1) is 0 Å². The van der Waals surface area contributed by atoms with Crippen molar-refractivity contribution in [2.45, 2.75) is 46.0 Å². The Kier molecular flexibility index (Phi) is 5.43. The van der Waals surface area contributed by atoms with Crippen LogP contribution in [0.5, 0.6) is 0 Å². The average molecular weight is 193 g/mol. The summed E-state index contributed by atoms with van der Waals surface area (Å²) < 4.78 is 0. The van der Waals surface area contributed by atoms with Gasteiger partial charge in [-0.2, -0.15) is 0 Å². The Balaban J connectivity index is 2.02. The molecule has 0 atom stereocenters. The number of unbranched alkanes of at least 4 members (excludes halogenated alkanes) is 4. The number of rotatable bonds is 6. The van der Waals surface area contributed by atoms with Gasteiger partial charge in [0, 0.05) is 13.1 Å². The molecule has 0 N–H and O–H groups in total. The summed E-state index contributed by atoms with van der Waals surface area (Å²) in [7, 11) is 0. The molecule has 0 aromatic carbocycles. The molecule has 0 saturated heterocycles. The average Bonchev–Trinajstić information content (AvgIpc) is 2.18. The minimum atomic E-state index is 1.13. The van der Waals surface area contributed by atoms with Gasteiger partial charge in [0.15, 0.2) is 0 Å². The zero-order chi connectivity index (χ0) is 10.2. The number of hydrogen-bond acceptors (Lipinski definition) is 1. The fourth-order valence-electron chi connectivity index (χ4n) is 1.83. The van der Waals surface area contributed by atoms with E-state index in [1.807, 2.05) is 0 Å². The largest absolute Gasteiger partial charge is 0.373 e. The summed E-state index contributed by atoms with van der Waals surface area (Å²) in [6.45, 7) is 6.82. The van der Waals surface area contributed by atoms with Gasteiger partial charge >= 0.3 is 0 Å². The van der Waals surface area contributed by atoms with Gasteiger partial charge in [0.2, 0.25) is 0 Å². The molecule has 1 rings (SSSR count). The van der Waals surface area contributed by atoms with E-state index in [-0.39, 0.29) is 0 Å². The maximum absolute atomic E-state index is 2.42. The summed E-state index contributed by atoms with van der Waals surface area (Å²) in [6, 6.07) is 0. The van der Waals surface area contributed by atoms with E-state index in [1.54, 1.807) is 0 Å². The lowest BCUT2D eigenvalue weighted by molar-refractivity contribution is 0.384. The molecule has 0 unspecified atom stereocenters. The van der Waals surface area contributed by atoms with Crippen LogP contribution >= 0.6 is 0 Å². The lowest BCUT2D eigenvalue weighted by atomic mass is 10.1. The third-order valence-corrected chi connectivity index (χ3v) is 2.68. The molecule has 0 spiro atoms. The van der Waals surface area contributed by atoms with Gasteiger partial charge in [0.25, 0.3) is 0 Å². The Hall–Kier alpha value is -0.720. The van der Waals surface area contributed by atoms with Crippen LogP contribution in [0.25, 0.3) is 0 Å². The zero-order valence-electron chi connectivity index (χ0n) is 9.63. The SMILES string of the molecule is CCCCCCCN1C=CC=C(C)C1. The van der Waals surface area contributed by atoms with Crippen LogP contribution in [0.2, 0.25) is 0 Å². The Labute approximate surface area is 88.5 Å². The topological polar surface area (TPSA) is 3.24 Å². The molecule has 0 bridgehead atoms. The predicted molar refractivity (Wildman–Crippen MR) is 63.2 cm³/mol. The Morgan fingerprint density at radius 1 is 1.21 bits per heavy atom. The maximum Gasteiger partial charge on any atom is 0.0383 e. The van der Waals surface area contributed by atoms with Crippen molar-refractivity contribution < 1.29 is 0 Å². The van der Waals surface area contributed by atoms with Gasteiger partial charge < -0.3 is 4.90 Å². The van der Waals surface area contributed by atoms with E-state index in [9.17, 15) is 0 Å². The van der Waals surface area contributed by atoms with Crippen molar-refractivity contribution in [1.29, 1.82) is 0 Å². The number of nitrogens with zero attached hydrogens (tertiary/aromatic N) is 1. The molecular weight excluding hydrogens is 170 g/mol. The molecule has 0 aliphatic carbocycles. The highest BCUT2D eigenvalue weighted by atomic mass is 15.1. The Morgan fingerprint density at radius 3 is 2.71 bits per heavy atom. The standard InChI is InChI=1S/C13H23N/c1-3-4-5-6-7-10-14-11-8-9-13(2)12-14/h8-9,11H,3-7,10,12H2,1-2H3. The van der Waals surface area contributed by atoms with Crippen LogP contribution in [0.15, 0.2) is 23.9 Å². The van der Waals surface area contributed by atoms with Crippen LogP contribution < -0.4 is 0 Å². The van der Waals surface area contributed by atoms with Gasteiger partial charge in [-0.1, -0.05) is 44.3 Å². The molecule has 0 aromatic rings. The summed E-state index contributed by atoms with van der Waals surface area (Å²) in [5.74, 6) is 0. The van der Waals surface area contributed by atoms with Gasteiger partial charge in [-0.3, -0.25) is 0 Å². The lowest BCUT2D eigenvalue weighted by Crippen LogP contribution is -2.22. The van der Waals surface area contributed by atoms with E-state index in [4.69, 9.17) is 0 Å². The highest BCUT2D eigenvalue weighted by molar-refractivity contribution is 5.16.